The molecule has 0 saturated heterocycles. The summed E-state index contributed by atoms with van der Waals surface area (Å²) in [5.74, 6) is -1.26. The summed E-state index contributed by atoms with van der Waals surface area (Å²) in [4.78, 5) is 10.9. The van der Waals surface area contributed by atoms with Crippen LogP contribution in [-0.2, 0) is 10.0 Å². The zero-order valence-corrected chi connectivity index (χ0v) is 13.4. The molecule has 21 heavy (non-hydrogen) atoms. The molecule has 120 valence electrons. The maximum atomic E-state index is 12.3. The molecule has 0 fully saturated rings. The fraction of sp³-hybridized carbons (Fsp3) is 0.615. The molecule has 1 aromatic heterocycles. The molecule has 1 aromatic rings. The quantitative estimate of drug-likeness (QED) is 0.697. The molecule has 0 amide bonds. The molecule has 7 nitrogen and oxygen atoms in total. The topological polar surface area (TPSA) is 117 Å². The summed E-state index contributed by atoms with van der Waals surface area (Å²) in [6.45, 7) is 6.45. The van der Waals surface area contributed by atoms with Gasteiger partial charge in [-0.3, -0.25) is 0 Å². The molecule has 0 unspecified atom stereocenters. The average molecular weight is 319 g/mol. The number of aliphatic hydroxyl groups is 1. The first-order valence-electron chi connectivity index (χ1n) is 6.45. The minimum absolute atomic E-state index is 0.0392. The molecule has 0 bridgehead atoms. The third kappa shape index (κ3) is 4.05. The Labute approximate surface area is 124 Å². The number of nitrogens with one attached hydrogen (secondary N) is 1. The highest BCUT2D eigenvalue weighted by atomic mass is 32.2. The third-order valence-corrected chi connectivity index (χ3v) is 4.77. The van der Waals surface area contributed by atoms with E-state index >= 15 is 0 Å². The summed E-state index contributed by atoms with van der Waals surface area (Å²) in [7, 11) is -4.00. The molecule has 0 aliphatic rings. The number of aliphatic hydroxyl groups excluding tert-OH is 1. The number of hydrogen-bond acceptors (Lipinski definition) is 5. The van der Waals surface area contributed by atoms with Crippen molar-refractivity contribution in [3.05, 3.63) is 17.1 Å². The van der Waals surface area contributed by atoms with Gasteiger partial charge in [0.25, 0.3) is 0 Å². The van der Waals surface area contributed by atoms with Crippen molar-refractivity contribution in [3.63, 3.8) is 0 Å². The lowest BCUT2D eigenvalue weighted by Crippen LogP contribution is -2.35. The Morgan fingerprint density at radius 1 is 1.29 bits per heavy atom. The number of sulfonamides is 1. The van der Waals surface area contributed by atoms with Crippen LogP contribution in [0.3, 0.4) is 0 Å². The Bertz CT molecular complexity index is 629. The number of rotatable bonds is 7. The van der Waals surface area contributed by atoms with Crippen LogP contribution in [0.5, 0.6) is 0 Å². The standard InChI is InChI=1S/C13H21NO6S/c1-8-10(12(16)17)11(9(2)20-8)21(18,19)14-7-13(3,4)5-6-15/h14-15H,5-7H2,1-4H3,(H,16,17). The molecular weight excluding hydrogens is 298 g/mol. The van der Waals surface area contributed by atoms with Gasteiger partial charge in [0.2, 0.25) is 10.0 Å². The van der Waals surface area contributed by atoms with Crippen molar-refractivity contribution in [1.29, 1.82) is 0 Å². The molecule has 0 aromatic carbocycles. The Hall–Kier alpha value is -1.38. The zero-order valence-electron chi connectivity index (χ0n) is 12.6. The van der Waals surface area contributed by atoms with E-state index < -0.39 is 21.4 Å². The monoisotopic (exact) mass is 319 g/mol. The lowest BCUT2D eigenvalue weighted by molar-refractivity contribution is 0.0691. The number of carboxylic acids is 1. The minimum Gasteiger partial charge on any atom is -0.478 e. The van der Waals surface area contributed by atoms with Crippen LogP contribution >= 0.6 is 0 Å². The van der Waals surface area contributed by atoms with E-state index in [1.807, 2.05) is 0 Å². The third-order valence-electron chi connectivity index (χ3n) is 3.22. The van der Waals surface area contributed by atoms with Crippen LogP contribution in [0.2, 0.25) is 0 Å². The molecule has 0 saturated carbocycles. The summed E-state index contributed by atoms with van der Waals surface area (Å²) in [5.41, 5.74) is -0.794. The number of carboxylic acid groups (broad SMARTS) is 1. The SMILES string of the molecule is Cc1oc(C)c(S(=O)(=O)NCC(C)(C)CCO)c1C(=O)O. The van der Waals surface area contributed by atoms with Crippen molar-refractivity contribution in [3.8, 4) is 0 Å². The van der Waals surface area contributed by atoms with Gasteiger partial charge in [-0.25, -0.2) is 17.9 Å². The van der Waals surface area contributed by atoms with Crippen molar-refractivity contribution < 1.29 is 27.8 Å². The Balaban J connectivity index is 3.13. The van der Waals surface area contributed by atoms with Gasteiger partial charge in [-0.1, -0.05) is 13.8 Å². The van der Waals surface area contributed by atoms with Crippen molar-refractivity contribution in [2.75, 3.05) is 13.2 Å². The van der Waals surface area contributed by atoms with E-state index in [0.717, 1.165) is 0 Å². The van der Waals surface area contributed by atoms with Gasteiger partial charge in [0.15, 0.2) is 0 Å². The zero-order chi connectivity index (χ0) is 16.4. The minimum atomic E-state index is -4.00. The molecular formula is C13H21NO6S. The van der Waals surface area contributed by atoms with Gasteiger partial charge in [-0.2, -0.15) is 0 Å². The maximum absolute atomic E-state index is 12.3. The van der Waals surface area contributed by atoms with Gasteiger partial charge >= 0.3 is 5.97 Å². The fourth-order valence-electron chi connectivity index (χ4n) is 1.99. The van der Waals surface area contributed by atoms with E-state index in [4.69, 9.17) is 14.6 Å². The van der Waals surface area contributed by atoms with Crippen LogP contribution in [0.4, 0.5) is 0 Å². The average Bonchev–Trinajstić information content (AvgIpc) is 2.63. The highest BCUT2D eigenvalue weighted by molar-refractivity contribution is 7.89. The highest BCUT2D eigenvalue weighted by Crippen LogP contribution is 2.27. The summed E-state index contributed by atoms with van der Waals surface area (Å²) in [5, 5.41) is 18.1. The molecule has 0 radical (unpaired) electrons. The predicted octanol–water partition coefficient (Wildman–Crippen LogP) is 1.28. The Kier molecular flexibility index (Phi) is 5.19. The van der Waals surface area contributed by atoms with E-state index in [-0.39, 0.29) is 35.1 Å². The normalized spacial score (nSPS) is 12.6. The van der Waals surface area contributed by atoms with Crippen LogP contribution in [0.15, 0.2) is 9.31 Å². The van der Waals surface area contributed by atoms with E-state index in [0.29, 0.717) is 6.42 Å². The molecule has 0 spiro atoms. The van der Waals surface area contributed by atoms with E-state index in [9.17, 15) is 13.2 Å². The molecule has 3 N–H and O–H groups in total. The number of hydrogen-bond donors (Lipinski definition) is 3. The van der Waals surface area contributed by atoms with Crippen molar-refractivity contribution in [1.82, 2.24) is 4.72 Å². The first kappa shape index (κ1) is 17.7. The summed E-state index contributed by atoms with van der Waals surface area (Å²) in [6.07, 6.45) is 0.421. The largest absolute Gasteiger partial charge is 0.478 e. The van der Waals surface area contributed by atoms with Gasteiger partial charge < -0.3 is 14.6 Å². The van der Waals surface area contributed by atoms with Crippen LogP contribution in [0.25, 0.3) is 0 Å². The van der Waals surface area contributed by atoms with Gasteiger partial charge in [-0.15, -0.1) is 0 Å². The first-order valence-corrected chi connectivity index (χ1v) is 7.94. The number of aryl methyl sites for hydroxylation is 2. The van der Waals surface area contributed by atoms with E-state index in [2.05, 4.69) is 4.72 Å². The number of furan rings is 1. The predicted molar refractivity (Wildman–Crippen MR) is 75.8 cm³/mol. The summed E-state index contributed by atoms with van der Waals surface area (Å²) >= 11 is 0. The van der Waals surface area contributed by atoms with Crippen LogP contribution < -0.4 is 4.72 Å². The van der Waals surface area contributed by atoms with Crippen LogP contribution in [0.1, 0.15) is 42.1 Å². The molecule has 0 atom stereocenters. The van der Waals surface area contributed by atoms with E-state index in [1.54, 1.807) is 13.8 Å². The smallest absolute Gasteiger partial charge is 0.340 e. The fourth-order valence-corrected chi connectivity index (χ4v) is 3.63. The molecule has 1 heterocycles. The van der Waals surface area contributed by atoms with Gasteiger partial charge in [0.05, 0.1) is 0 Å². The Morgan fingerprint density at radius 2 is 1.86 bits per heavy atom. The van der Waals surface area contributed by atoms with Crippen molar-refractivity contribution in [2.24, 2.45) is 5.41 Å². The number of carbonyl (C=O) groups is 1. The van der Waals surface area contributed by atoms with Crippen LogP contribution in [-0.4, -0.2) is 37.8 Å². The van der Waals surface area contributed by atoms with Crippen LogP contribution in [0, 0.1) is 19.3 Å². The second-order valence-electron chi connectivity index (χ2n) is 5.69. The lowest BCUT2D eigenvalue weighted by Gasteiger charge is -2.23. The van der Waals surface area contributed by atoms with Crippen molar-refractivity contribution >= 4 is 16.0 Å². The summed E-state index contributed by atoms with van der Waals surface area (Å²) < 4.78 is 32.2. The molecule has 0 aliphatic carbocycles. The molecule has 8 heteroatoms. The van der Waals surface area contributed by atoms with E-state index in [1.165, 1.54) is 13.8 Å². The van der Waals surface area contributed by atoms with Crippen molar-refractivity contribution in [2.45, 2.75) is 39.0 Å². The molecule has 0 aliphatic heterocycles. The highest BCUT2D eigenvalue weighted by Gasteiger charge is 2.32. The van der Waals surface area contributed by atoms with Gasteiger partial charge in [0, 0.05) is 13.2 Å². The number of aromatic carboxylic acids is 1. The lowest BCUT2D eigenvalue weighted by atomic mass is 9.90. The first-order chi connectivity index (χ1) is 9.52. The molecule has 1 rings (SSSR count). The van der Waals surface area contributed by atoms with Gasteiger partial charge in [-0.05, 0) is 25.7 Å². The second-order valence-corrected chi connectivity index (χ2v) is 7.39. The summed E-state index contributed by atoms with van der Waals surface area (Å²) in [6, 6.07) is 0. The van der Waals surface area contributed by atoms with Gasteiger partial charge in [0.1, 0.15) is 22.0 Å². The Morgan fingerprint density at radius 3 is 2.33 bits per heavy atom. The maximum Gasteiger partial charge on any atom is 0.340 e. The second kappa shape index (κ2) is 6.17.